The van der Waals surface area contributed by atoms with Crippen molar-refractivity contribution < 1.29 is 27.4 Å². The molecular weight excluding hydrogens is 369 g/mol. The standard InChI is InChI=1S/C22H29F3O3/c1-2-15-3-5-16(6-4-15)17-7-9-18(10-8-17)21(26)27-19-11-13-20(14-12-19)28-22(23,24)25/h11-18H,2-10H2,1H3/t15-,16-,17-,18-. The topological polar surface area (TPSA) is 35.5 Å². The summed E-state index contributed by atoms with van der Waals surface area (Å²) in [4.78, 5) is 12.4. The fourth-order valence-corrected chi connectivity index (χ4v) is 4.80. The van der Waals surface area contributed by atoms with Crippen molar-refractivity contribution >= 4 is 5.97 Å². The van der Waals surface area contributed by atoms with Gasteiger partial charge in [0.2, 0.25) is 0 Å². The fraction of sp³-hybridized carbons (Fsp3) is 0.682. The number of esters is 1. The van der Waals surface area contributed by atoms with Crippen molar-refractivity contribution in [1.29, 1.82) is 0 Å². The molecule has 1 aromatic rings. The van der Waals surface area contributed by atoms with Gasteiger partial charge in [0.15, 0.2) is 0 Å². The molecule has 0 saturated heterocycles. The van der Waals surface area contributed by atoms with Crippen LogP contribution < -0.4 is 9.47 Å². The molecule has 0 atom stereocenters. The normalized spacial score (nSPS) is 28.6. The van der Waals surface area contributed by atoms with E-state index < -0.39 is 6.36 Å². The summed E-state index contributed by atoms with van der Waals surface area (Å²) in [6.07, 6.45) is 5.71. The van der Waals surface area contributed by atoms with E-state index in [1.807, 2.05) is 0 Å². The van der Waals surface area contributed by atoms with E-state index in [1.54, 1.807) is 0 Å². The summed E-state index contributed by atoms with van der Waals surface area (Å²) in [6, 6.07) is 4.97. The van der Waals surface area contributed by atoms with Crippen LogP contribution in [0.15, 0.2) is 24.3 Å². The highest BCUT2D eigenvalue weighted by atomic mass is 19.4. The molecule has 0 radical (unpaired) electrons. The highest BCUT2D eigenvalue weighted by Crippen LogP contribution is 2.42. The second kappa shape index (κ2) is 9.19. The Labute approximate surface area is 164 Å². The first kappa shape index (κ1) is 21.0. The van der Waals surface area contributed by atoms with Gasteiger partial charge in [-0.2, -0.15) is 0 Å². The molecule has 0 spiro atoms. The largest absolute Gasteiger partial charge is 0.573 e. The third-order valence-electron chi connectivity index (χ3n) is 6.52. The minimum Gasteiger partial charge on any atom is -0.426 e. The van der Waals surface area contributed by atoms with Gasteiger partial charge < -0.3 is 9.47 Å². The van der Waals surface area contributed by atoms with Gasteiger partial charge in [0.1, 0.15) is 11.5 Å². The molecule has 3 nitrogen and oxygen atoms in total. The second-order valence-corrected chi connectivity index (χ2v) is 8.24. The lowest BCUT2D eigenvalue weighted by molar-refractivity contribution is -0.274. The van der Waals surface area contributed by atoms with Crippen molar-refractivity contribution in [1.82, 2.24) is 0 Å². The van der Waals surface area contributed by atoms with Gasteiger partial charge in [-0.25, -0.2) is 0 Å². The number of halogens is 3. The number of ether oxygens (including phenoxy) is 2. The van der Waals surface area contributed by atoms with E-state index >= 15 is 0 Å². The van der Waals surface area contributed by atoms with Gasteiger partial charge in [0.25, 0.3) is 0 Å². The van der Waals surface area contributed by atoms with Gasteiger partial charge in [-0.1, -0.05) is 26.2 Å². The van der Waals surface area contributed by atoms with Gasteiger partial charge in [0, 0.05) is 0 Å². The zero-order valence-electron chi connectivity index (χ0n) is 16.3. The van der Waals surface area contributed by atoms with Crippen molar-refractivity contribution in [3.8, 4) is 11.5 Å². The zero-order chi connectivity index (χ0) is 20.1. The summed E-state index contributed by atoms with van der Waals surface area (Å²) in [6.45, 7) is 2.28. The summed E-state index contributed by atoms with van der Waals surface area (Å²) in [5, 5.41) is 0. The molecule has 156 valence electrons. The summed E-state index contributed by atoms with van der Waals surface area (Å²) in [7, 11) is 0. The number of carbonyl (C=O) groups excluding carboxylic acids is 1. The molecule has 2 saturated carbocycles. The minimum atomic E-state index is -4.73. The Morgan fingerprint density at radius 2 is 1.39 bits per heavy atom. The predicted molar refractivity (Wildman–Crippen MR) is 99.9 cm³/mol. The van der Waals surface area contributed by atoms with Crippen LogP contribution in [0.25, 0.3) is 0 Å². The van der Waals surface area contributed by atoms with E-state index in [2.05, 4.69) is 11.7 Å². The third-order valence-corrected chi connectivity index (χ3v) is 6.52. The Kier molecular flexibility index (Phi) is 6.89. The molecule has 0 N–H and O–H groups in total. The van der Waals surface area contributed by atoms with E-state index in [-0.39, 0.29) is 23.4 Å². The Morgan fingerprint density at radius 1 is 0.893 bits per heavy atom. The maximum Gasteiger partial charge on any atom is 0.573 e. The summed E-state index contributed by atoms with van der Waals surface area (Å²) in [5.74, 6) is 1.95. The van der Waals surface area contributed by atoms with Gasteiger partial charge in [-0.05, 0) is 80.5 Å². The van der Waals surface area contributed by atoms with Crippen LogP contribution in [0.4, 0.5) is 13.2 Å². The Balaban J connectivity index is 1.44. The molecule has 2 aliphatic carbocycles. The summed E-state index contributed by atoms with van der Waals surface area (Å²) in [5.41, 5.74) is 0. The number of carbonyl (C=O) groups is 1. The van der Waals surface area contributed by atoms with Crippen molar-refractivity contribution in [3.63, 3.8) is 0 Å². The number of hydrogen-bond acceptors (Lipinski definition) is 3. The van der Waals surface area contributed by atoms with Crippen LogP contribution in [0.5, 0.6) is 11.5 Å². The van der Waals surface area contributed by atoms with E-state index in [9.17, 15) is 18.0 Å². The first-order chi connectivity index (χ1) is 13.3. The van der Waals surface area contributed by atoms with Crippen molar-refractivity contribution in [2.24, 2.45) is 23.7 Å². The van der Waals surface area contributed by atoms with Crippen molar-refractivity contribution in [2.45, 2.75) is 71.1 Å². The number of alkyl halides is 3. The molecule has 0 aliphatic heterocycles. The maximum atomic E-state index is 12.4. The first-order valence-electron chi connectivity index (χ1n) is 10.4. The number of benzene rings is 1. The summed E-state index contributed by atoms with van der Waals surface area (Å²) >= 11 is 0. The van der Waals surface area contributed by atoms with E-state index in [0.717, 1.165) is 55.6 Å². The molecule has 0 aromatic heterocycles. The van der Waals surface area contributed by atoms with Crippen LogP contribution in [0.3, 0.4) is 0 Å². The predicted octanol–water partition coefficient (Wildman–Crippen LogP) is 6.51. The first-order valence-corrected chi connectivity index (χ1v) is 10.4. The third kappa shape index (κ3) is 5.89. The Morgan fingerprint density at radius 3 is 1.89 bits per heavy atom. The number of hydrogen-bond donors (Lipinski definition) is 0. The lowest BCUT2D eigenvalue weighted by Gasteiger charge is -2.37. The van der Waals surface area contributed by atoms with E-state index in [4.69, 9.17) is 4.74 Å². The molecule has 28 heavy (non-hydrogen) atoms. The molecule has 2 fully saturated rings. The summed E-state index contributed by atoms with van der Waals surface area (Å²) < 4.78 is 45.8. The second-order valence-electron chi connectivity index (χ2n) is 8.24. The molecule has 1 aromatic carbocycles. The molecular formula is C22H29F3O3. The van der Waals surface area contributed by atoms with Crippen LogP contribution >= 0.6 is 0 Å². The number of rotatable bonds is 5. The molecule has 0 bridgehead atoms. The molecule has 0 unspecified atom stereocenters. The van der Waals surface area contributed by atoms with Crippen molar-refractivity contribution in [2.75, 3.05) is 0 Å². The van der Waals surface area contributed by atoms with Gasteiger partial charge >= 0.3 is 12.3 Å². The van der Waals surface area contributed by atoms with E-state index in [0.29, 0.717) is 0 Å². The van der Waals surface area contributed by atoms with Crippen LogP contribution in [0.1, 0.15) is 64.7 Å². The van der Waals surface area contributed by atoms with Crippen LogP contribution in [0, 0.1) is 23.7 Å². The van der Waals surface area contributed by atoms with Crippen molar-refractivity contribution in [3.05, 3.63) is 24.3 Å². The SMILES string of the molecule is CC[C@H]1CC[C@H]([C@H]2CC[C@H](C(=O)Oc3ccc(OC(F)(F)F)cc3)CC2)CC1. The average molecular weight is 398 g/mol. The Bertz CT molecular complexity index is 625. The molecule has 3 rings (SSSR count). The fourth-order valence-electron chi connectivity index (χ4n) is 4.80. The van der Waals surface area contributed by atoms with Gasteiger partial charge in [-0.3, -0.25) is 4.79 Å². The van der Waals surface area contributed by atoms with E-state index in [1.165, 1.54) is 44.2 Å². The lowest BCUT2D eigenvalue weighted by atomic mass is 9.69. The highest BCUT2D eigenvalue weighted by molar-refractivity contribution is 5.75. The molecule has 0 heterocycles. The zero-order valence-corrected chi connectivity index (χ0v) is 16.3. The minimum absolute atomic E-state index is 0.116. The average Bonchev–Trinajstić information content (AvgIpc) is 2.68. The molecule has 6 heteroatoms. The maximum absolute atomic E-state index is 12.4. The van der Waals surface area contributed by atoms with Crippen LogP contribution in [-0.4, -0.2) is 12.3 Å². The monoisotopic (exact) mass is 398 g/mol. The van der Waals surface area contributed by atoms with Crippen LogP contribution in [0.2, 0.25) is 0 Å². The highest BCUT2D eigenvalue weighted by Gasteiger charge is 2.34. The molecule has 0 amide bonds. The van der Waals surface area contributed by atoms with Gasteiger partial charge in [-0.15, -0.1) is 13.2 Å². The Hall–Kier alpha value is -1.72. The quantitative estimate of drug-likeness (QED) is 0.419. The van der Waals surface area contributed by atoms with Gasteiger partial charge in [0.05, 0.1) is 5.92 Å². The lowest BCUT2D eigenvalue weighted by Crippen LogP contribution is -2.30. The molecule has 2 aliphatic rings. The van der Waals surface area contributed by atoms with Crippen LogP contribution in [-0.2, 0) is 4.79 Å². The smallest absolute Gasteiger partial charge is 0.426 e.